The van der Waals surface area contributed by atoms with Crippen molar-refractivity contribution in [3.8, 4) is 34.1 Å². The minimum absolute atomic E-state index is 0.00259. The van der Waals surface area contributed by atoms with E-state index in [0.717, 1.165) is 16.7 Å². The summed E-state index contributed by atoms with van der Waals surface area (Å²) in [5.74, 6) is 4.94. The summed E-state index contributed by atoms with van der Waals surface area (Å²) in [6, 6.07) is 28.6. The summed E-state index contributed by atoms with van der Waals surface area (Å²) in [5.41, 5.74) is 7.56. The van der Waals surface area contributed by atoms with Gasteiger partial charge in [-0.15, -0.1) is 0 Å². The van der Waals surface area contributed by atoms with Gasteiger partial charge in [0.15, 0.2) is 0 Å². The van der Waals surface area contributed by atoms with Gasteiger partial charge in [-0.25, -0.2) is 4.79 Å². The van der Waals surface area contributed by atoms with E-state index >= 15 is 0 Å². The Kier molecular flexibility index (Phi) is 5.63. The molecule has 1 N–H and O–H groups in total. The fraction of sp³-hybridized carbons (Fsp3) is 0.0938. The van der Waals surface area contributed by atoms with Crippen molar-refractivity contribution in [1.29, 1.82) is 0 Å². The standard InChI is InChI=1S/C32H21NO4/c34-30-26-14-6-5-13-25(26)28-18-20(15-16-27(28)31(30)35)8-7-17-33-32(36)37-19-29-23-11-3-1-9-21(23)22-10-2-4-12-24(22)29/h1-6,9-16,18,29H,17,19H2,(H,33,36). The molecule has 1 amide bonds. The number of ketones is 2. The number of benzene rings is 4. The van der Waals surface area contributed by atoms with Gasteiger partial charge in [0.1, 0.15) is 6.61 Å². The zero-order chi connectivity index (χ0) is 25.4. The van der Waals surface area contributed by atoms with Gasteiger partial charge in [0.2, 0.25) is 11.6 Å². The third-order valence-corrected chi connectivity index (χ3v) is 6.83. The van der Waals surface area contributed by atoms with E-state index in [0.29, 0.717) is 22.3 Å². The fourth-order valence-corrected chi connectivity index (χ4v) is 5.12. The maximum atomic E-state index is 12.5. The maximum Gasteiger partial charge on any atom is 0.407 e. The Morgan fingerprint density at radius 3 is 1.95 bits per heavy atom. The van der Waals surface area contributed by atoms with Gasteiger partial charge in [0.05, 0.1) is 6.54 Å². The molecule has 2 aliphatic rings. The number of carbonyl (C=O) groups excluding carboxylic acids is 3. The summed E-state index contributed by atoms with van der Waals surface area (Å²) >= 11 is 0. The first-order valence-electron chi connectivity index (χ1n) is 12.0. The first-order valence-corrected chi connectivity index (χ1v) is 12.0. The Bertz CT molecular complexity index is 1610. The fourth-order valence-electron chi connectivity index (χ4n) is 5.12. The Morgan fingerprint density at radius 2 is 1.27 bits per heavy atom. The van der Waals surface area contributed by atoms with Gasteiger partial charge in [-0.05, 0) is 51.6 Å². The number of rotatable bonds is 3. The number of nitrogens with one attached hydrogen (secondary N) is 1. The van der Waals surface area contributed by atoms with E-state index in [-0.39, 0.29) is 19.1 Å². The second-order valence-corrected chi connectivity index (χ2v) is 8.95. The lowest BCUT2D eigenvalue weighted by Crippen LogP contribution is -2.26. The van der Waals surface area contributed by atoms with E-state index in [1.807, 2.05) is 36.4 Å². The van der Waals surface area contributed by atoms with Gasteiger partial charge in [-0.2, -0.15) is 0 Å². The zero-order valence-electron chi connectivity index (χ0n) is 19.8. The van der Waals surface area contributed by atoms with E-state index in [1.165, 1.54) is 11.1 Å². The summed E-state index contributed by atoms with van der Waals surface area (Å²) in [4.78, 5) is 37.2. The van der Waals surface area contributed by atoms with Gasteiger partial charge >= 0.3 is 6.09 Å². The molecular weight excluding hydrogens is 462 g/mol. The molecule has 0 atom stereocenters. The molecule has 0 radical (unpaired) electrons. The molecule has 0 saturated heterocycles. The molecule has 0 unspecified atom stereocenters. The number of fused-ring (bicyclic) bond motifs is 6. The molecule has 4 aromatic carbocycles. The Morgan fingerprint density at radius 1 is 0.703 bits per heavy atom. The van der Waals surface area contributed by atoms with Crippen LogP contribution in [0.25, 0.3) is 22.3 Å². The summed E-state index contributed by atoms with van der Waals surface area (Å²) in [7, 11) is 0. The number of ether oxygens (including phenoxy) is 1. The molecule has 0 spiro atoms. The van der Waals surface area contributed by atoms with Crippen LogP contribution in [0.4, 0.5) is 4.79 Å². The molecule has 6 rings (SSSR count). The van der Waals surface area contributed by atoms with Crippen LogP contribution in [0, 0.1) is 11.8 Å². The average molecular weight is 484 g/mol. The van der Waals surface area contributed by atoms with Crippen LogP contribution in [0.2, 0.25) is 0 Å². The Balaban J connectivity index is 1.10. The van der Waals surface area contributed by atoms with E-state index in [2.05, 4.69) is 41.4 Å². The highest BCUT2D eigenvalue weighted by Crippen LogP contribution is 2.44. The quantitative estimate of drug-likeness (QED) is 0.303. The molecule has 0 heterocycles. The van der Waals surface area contributed by atoms with Crippen molar-refractivity contribution in [1.82, 2.24) is 5.32 Å². The average Bonchev–Trinajstić information content (AvgIpc) is 3.26. The zero-order valence-corrected chi connectivity index (χ0v) is 19.8. The number of hydrogen-bond acceptors (Lipinski definition) is 4. The summed E-state index contributed by atoms with van der Waals surface area (Å²) in [6.07, 6.45) is -0.528. The normalized spacial score (nSPS) is 13.0. The van der Waals surface area contributed by atoms with Crippen LogP contribution in [0.5, 0.6) is 0 Å². The predicted molar refractivity (Wildman–Crippen MR) is 140 cm³/mol. The van der Waals surface area contributed by atoms with E-state index < -0.39 is 17.7 Å². The van der Waals surface area contributed by atoms with Crippen LogP contribution in [0.3, 0.4) is 0 Å². The predicted octanol–water partition coefficient (Wildman–Crippen LogP) is 5.62. The molecule has 4 aromatic rings. The first-order chi connectivity index (χ1) is 18.1. The molecular formula is C32H21NO4. The van der Waals surface area contributed by atoms with Gasteiger partial charge in [-0.3, -0.25) is 9.59 Å². The second-order valence-electron chi connectivity index (χ2n) is 8.95. The monoisotopic (exact) mass is 483 g/mol. The minimum Gasteiger partial charge on any atom is -0.449 e. The Labute approximate surface area is 214 Å². The second kappa shape index (κ2) is 9.25. The lowest BCUT2D eigenvalue weighted by molar-refractivity contribution is 0.0815. The third-order valence-electron chi connectivity index (χ3n) is 6.83. The highest BCUT2D eigenvalue weighted by Gasteiger charge is 2.30. The molecule has 37 heavy (non-hydrogen) atoms. The molecule has 0 aromatic heterocycles. The molecule has 2 aliphatic carbocycles. The van der Waals surface area contributed by atoms with Crippen molar-refractivity contribution in [2.24, 2.45) is 0 Å². The summed E-state index contributed by atoms with van der Waals surface area (Å²) in [6.45, 7) is 0.353. The molecule has 0 bridgehead atoms. The van der Waals surface area contributed by atoms with E-state index in [9.17, 15) is 14.4 Å². The van der Waals surface area contributed by atoms with Crippen molar-refractivity contribution >= 4 is 17.7 Å². The molecule has 0 aliphatic heterocycles. The number of Topliss-reactive ketones (excluding diaryl/α,β-unsaturated/α-hetero) is 2. The highest BCUT2D eigenvalue weighted by atomic mass is 16.5. The van der Waals surface area contributed by atoms with Crippen molar-refractivity contribution < 1.29 is 19.1 Å². The number of hydrogen-bond donors (Lipinski definition) is 1. The number of carbonyl (C=O) groups is 3. The Hall–Kier alpha value is -4.95. The summed E-state index contributed by atoms with van der Waals surface area (Å²) < 4.78 is 5.54. The van der Waals surface area contributed by atoms with Crippen LogP contribution in [-0.4, -0.2) is 30.8 Å². The van der Waals surface area contributed by atoms with Crippen LogP contribution in [-0.2, 0) is 4.74 Å². The molecule has 5 nitrogen and oxygen atoms in total. The van der Waals surface area contributed by atoms with Crippen LogP contribution in [0.1, 0.15) is 43.3 Å². The van der Waals surface area contributed by atoms with Crippen molar-refractivity contribution in [2.75, 3.05) is 13.2 Å². The van der Waals surface area contributed by atoms with E-state index in [1.54, 1.807) is 30.3 Å². The third kappa shape index (κ3) is 3.99. The topological polar surface area (TPSA) is 72.5 Å². The van der Waals surface area contributed by atoms with Crippen molar-refractivity contribution in [3.05, 3.63) is 119 Å². The molecule has 178 valence electrons. The van der Waals surface area contributed by atoms with Crippen LogP contribution >= 0.6 is 0 Å². The lowest BCUT2D eigenvalue weighted by Gasteiger charge is -2.17. The van der Waals surface area contributed by atoms with Gasteiger partial charge < -0.3 is 10.1 Å². The molecule has 5 heteroatoms. The maximum absolute atomic E-state index is 12.5. The first kappa shape index (κ1) is 22.5. The number of alkyl carbamates (subject to hydrolysis) is 1. The summed E-state index contributed by atoms with van der Waals surface area (Å²) in [5, 5.41) is 2.68. The SMILES string of the molecule is O=C(NCC#Cc1ccc2c(c1)-c1ccccc1C(=O)C2=O)OCC1c2ccccc2-c2ccccc21. The van der Waals surface area contributed by atoms with Crippen LogP contribution < -0.4 is 5.32 Å². The molecule has 0 fully saturated rings. The van der Waals surface area contributed by atoms with Crippen molar-refractivity contribution in [3.63, 3.8) is 0 Å². The smallest absolute Gasteiger partial charge is 0.407 e. The largest absolute Gasteiger partial charge is 0.449 e. The van der Waals surface area contributed by atoms with Crippen LogP contribution in [0.15, 0.2) is 91.0 Å². The highest BCUT2D eigenvalue weighted by molar-refractivity contribution is 6.53. The minimum atomic E-state index is -0.528. The van der Waals surface area contributed by atoms with Crippen molar-refractivity contribution in [2.45, 2.75) is 5.92 Å². The van der Waals surface area contributed by atoms with Gasteiger partial charge in [0.25, 0.3) is 0 Å². The lowest BCUT2D eigenvalue weighted by atomic mass is 9.83. The number of amides is 1. The van der Waals surface area contributed by atoms with E-state index in [4.69, 9.17) is 4.74 Å². The van der Waals surface area contributed by atoms with Gasteiger partial charge in [0, 0.05) is 22.6 Å². The molecule has 0 saturated carbocycles. The van der Waals surface area contributed by atoms with Gasteiger partial charge in [-0.1, -0.05) is 84.6 Å².